The predicted octanol–water partition coefficient (Wildman–Crippen LogP) is 1.29. The molecule has 0 spiro atoms. The lowest BCUT2D eigenvalue weighted by molar-refractivity contribution is -0.122. The third kappa shape index (κ3) is 2.86. The molecule has 1 aromatic carbocycles. The van der Waals surface area contributed by atoms with Crippen molar-refractivity contribution in [1.82, 2.24) is 10.6 Å². The minimum atomic E-state index is -0.499. The first-order valence-corrected chi connectivity index (χ1v) is 7.52. The number of hydrogen-bond donors (Lipinski definition) is 3. The van der Waals surface area contributed by atoms with Gasteiger partial charge in [-0.2, -0.15) is 0 Å². The number of rotatable bonds is 4. The Labute approximate surface area is 119 Å². The molecule has 2 aliphatic rings. The molecule has 1 aliphatic heterocycles. The monoisotopic (exact) mass is 274 g/mol. The Morgan fingerprint density at radius 3 is 3.05 bits per heavy atom. The van der Waals surface area contributed by atoms with Gasteiger partial charge in [0.05, 0.1) is 12.1 Å². The van der Waals surface area contributed by atoms with Crippen LogP contribution in [-0.4, -0.2) is 29.7 Å². The Morgan fingerprint density at radius 2 is 2.25 bits per heavy atom. The highest BCUT2D eigenvalue weighted by atomic mass is 16.3. The van der Waals surface area contributed by atoms with Gasteiger partial charge < -0.3 is 15.7 Å². The van der Waals surface area contributed by atoms with Gasteiger partial charge in [-0.3, -0.25) is 4.79 Å². The van der Waals surface area contributed by atoms with Gasteiger partial charge >= 0.3 is 0 Å². The van der Waals surface area contributed by atoms with Crippen LogP contribution in [0.4, 0.5) is 0 Å². The molecule has 20 heavy (non-hydrogen) atoms. The summed E-state index contributed by atoms with van der Waals surface area (Å²) in [6.07, 6.45) is 3.93. The lowest BCUT2D eigenvalue weighted by Crippen LogP contribution is -2.34. The molecule has 3 rings (SSSR count). The van der Waals surface area contributed by atoms with Crippen molar-refractivity contribution in [2.75, 3.05) is 6.54 Å². The molecule has 4 nitrogen and oxygen atoms in total. The van der Waals surface area contributed by atoms with Crippen molar-refractivity contribution in [2.24, 2.45) is 0 Å². The largest absolute Gasteiger partial charge is 0.390 e. The lowest BCUT2D eigenvalue weighted by Gasteiger charge is -2.18. The summed E-state index contributed by atoms with van der Waals surface area (Å²) in [5.41, 5.74) is 2.20. The second-order valence-electron chi connectivity index (χ2n) is 5.85. The molecule has 1 fully saturated rings. The average molecular weight is 274 g/mol. The molecule has 3 atom stereocenters. The number of nitrogens with one attached hydrogen (secondary N) is 2. The van der Waals surface area contributed by atoms with Crippen molar-refractivity contribution in [3.8, 4) is 0 Å². The van der Waals surface area contributed by atoms with E-state index in [1.54, 1.807) is 0 Å². The summed E-state index contributed by atoms with van der Waals surface area (Å²) in [7, 11) is 0. The molecule has 1 unspecified atom stereocenters. The van der Waals surface area contributed by atoms with Crippen LogP contribution in [0.15, 0.2) is 24.3 Å². The number of amides is 1. The standard InChI is InChI=1S/C16H22N2O2/c19-14-10-11-4-1-2-6-13(11)16(14)18-15(20)8-7-12-5-3-9-17-12/h1-2,4,6,12,14,16-17,19H,3,5,7-10H2,(H,18,20)/t12?,14-,16+/m1/s1. The van der Waals surface area contributed by atoms with E-state index in [1.807, 2.05) is 24.3 Å². The first-order chi connectivity index (χ1) is 9.74. The fourth-order valence-corrected chi connectivity index (χ4v) is 3.30. The molecule has 1 aromatic rings. The molecule has 108 valence electrons. The Hall–Kier alpha value is -1.39. The van der Waals surface area contributed by atoms with Gasteiger partial charge in [-0.15, -0.1) is 0 Å². The van der Waals surface area contributed by atoms with Crippen LogP contribution in [0, 0.1) is 0 Å². The summed E-state index contributed by atoms with van der Waals surface area (Å²) in [6.45, 7) is 1.07. The maximum absolute atomic E-state index is 12.1. The number of carbonyl (C=O) groups is 1. The third-order valence-corrected chi connectivity index (χ3v) is 4.40. The molecular weight excluding hydrogens is 252 g/mol. The van der Waals surface area contributed by atoms with E-state index in [-0.39, 0.29) is 11.9 Å². The predicted molar refractivity (Wildman–Crippen MR) is 77.3 cm³/mol. The minimum absolute atomic E-state index is 0.0412. The van der Waals surface area contributed by atoms with Gasteiger partial charge in [-0.25, -0.2) is 0 Å². The Bertz CT molecular complexity index is 483. The fourth-order valence-electron chi connectivity index (χ4n) is 3.30. The van der Waals surface area contributed by atoms with Gasteiger partial charge in [-0.05, 0) is 36.9 Å². The molecule has 1 saturated heterocycles. The lowest BCUT2D eigenvalue weighted by atomic mass is 10.1. The second-order valence-corrected chi connectivity index (χ2v) is 5.85. The Morgan fingerprint density at radius 1 is 1.40 bits per heavy atom. The van der Waals surface area contributed by atoms with Gasteiger partial charge in [0.25, 0.3) is 0 Å². The van der Waals surface area contributed by atoms with Crippen LogP contribution < -0.4 is 10.6 Å². The summed E-state index contributed by atoms with van der Waals surface area (Å²) in [6, 6.07) is 8.19. The van der Waals surface area contributed by atoms with E-state index >= 15 is 0 Å². The summed E-state index contributed by atoms with van der Waals surface area (Å²) < 4.78 is 0. The van der Waals surface area contributed by atoms with E-state index < -0.39 is 6.10 Å². The van der Waals surface area contributed by atoms with Crippen molar-refractivity contribution < 1.29 is 9.90 Å². The van der Waals surface area contributed by atoms with E-state index in [2.05, 4.69) is 10.6 Å². The molecule has 1 heterocycles. The number of hydrogen-bond acceptors (Lipinski definition) is 3. The van der Waals surface area contributed by atoms with Crippen LogP contribution in [0.5, 0.6) is 0 Å². The number of benzene rings is 1. The summed E-state index contributed by atoms with van der Waals surface area (Å²) in [4.78, 5) is 12.1. The molecule has 1 aliphatic carbocycles. The quantitative estimate of drug-likeness (QED) is 0.775. The third-order valence-electron chi connectivity index (χ3n) is 4.40. The Balaban J connectivity index is 1.55. The molecule has 0 saturated carbocycles. The molecule has 1 amide bonds. The maximum Gasteiger partial charge on any atom is 0.220 e. The van der Waals surface area contributed by atoms with Crippen LogP contribution in [0.25, 0.3) is 0 Å². The van der Waals surface area contributed by atoms with Crippen LogP contribution >= 0.6 is 0 Å². The highest BCUT2D eigenvalue weighted by molar-refractivity contribution is 5.76. The molecule has 0 radical (unpaired) electrons. The maximum atomic E-state index is 12.1. The topological polar surface area (TPSA) is 61.4 Å². The van der Waals surface area contributed by atoms with Gasteiger partial charge in [0.15, 0.2) is 0 Å². The first kappa shape index (κ1) is 13.6. The molecular formula is C16H22N2O2. The highest BCUT2D eigenvalue weighted by Crippen LogP contribution is 2.31. The summed E-state index contributed by atoms with van der Waals surface area (Å²) in [5, 5.41) is 16.5. The first-order valence-electron chi connectivity index (χ1n) is 7.52. The molecule has 3 N–H and O–H groups in total. The summed E-state index contributed by atoms with van der Waals surface area (Å²) in [5.74, 6) is 0.0412. The molecule has 4 heteroatoms. The van der Waals surface area contributed by atoms with Gasteiger partial charge in [0, 0.05) is 18.9 Å². The minimum Gasteiger partial charge on any atom is -0.390 e. The van der Waals surface area contributed by atoms with Crippen LogP contribution in [-0.2, 0) is 11.2 Å². The Kier molecular flexibility index (Phi) is 4.03. The van der Waals surface area contributed by atoms with E-state index in [0.717, 1.165) is 24.1 Å². The van der Waals surface area contributed by atoms with Crippen molar-refractivity contribution in [3.05, 3.63) is 35.4 Å². The number of aliphatic hydroxyl groups excluding tert-OH is 1. The van der Waals surface area contributed by atoms with Crippen LogP contribution in [0.1, 0.15) is 42.9 Å². The normalized spacial score (nSPS) is 28.4. The average Bonchev–Trinajstić information content (AvgIpc) is 3.06. The van der Waals surface area contributed by atoms with Gasteiger partial charge in [0.1, 0.15) is 0 Å². The van der Waals surface area contributed by atoms with E-state index in [9.17, 15) is 9.90 Å². The van der Waals surface area contributed by atoms with E-state index in [0.29, 0.717) is 18.9 Å². The zero-order valence-corrected chi connectivity index (χ0v) is 11.6. The van der Waals surface area contributed by atoms with Gasteiger partial charge in [0.2, 0.25) is 5.91 Å². The van der Waals surface area contributed by atoms with Crippen LogP contribution in [0.2, 0.25) is 0 Å². The number of aliphatic hydroxyl groups is 1. The molecule has 0 aromatic heterocycles. The molecule has 0 bridgehead atoms. The number of carbonyl (C=O) groups excluding carboxylic acids is 1. The van der Waals surface area contributed by atoms with Crippen molar-refractivity contribution in [1.29, 1.82) is 0 Å². The van der Waals surface area contributed by atoms with Gasteiger partial charge in [-0.1, -0.05) is 24.3 Å². The van der Waals surface area contributed by atoms with Crippen LogP contribution in [0.3, 0.4) is 0 Å². The van der Waals surface area contributed by atoms with Crippen molar-refractivity contribution in [3.63, 3.8) is 0 Å². The fraction of sp³-hybridized carbons (Fsp3) is 0.562. The van der Waals surface area contributed by atoms with Crippen molar-refractivity contribution >= 4 is 5.91 Å². The second kappa shape index (κ2) is 5.94. The smallest absolute Gasteiger partial charge is 0.220 e. The van der Waals surface area contributed by atoms with Crippen molar-refractivity contribution in [2.45, 2.75) is 50.3 Å². The van der Waals surface area contributed by atoms with E-state index in [1.165, 1.54) is 12.8 Å². The zero-order valence-electron chi connectivity index (χ0n) is 11.6. The highest BCUT2D eigenvalue weighted by Gasteiger charge is 2.31. The SMILES string of the molecule is O=C(CCC1CCCN1)N[C@H]1c2ccccc2C[C@H]1O. The van der Waals surface area contributed by atoms with E-state index in [4.69, 9.17) is 0 Å². The zero-order chi connectivity index (χ0) is 13.9. The number of fused-ring (bicyclic) bond motifs is 1. The summed E-state index contributed by atoms with van der Waals surface area (Å²) >= 11 is 0.